The summed E-state index contributed by atoms with van der Waals surface area (Å²) in [5.74, 6) is -4.36. The van der Waals surface area contributed by atoms with Gasteiger partial charge >= 0.3 is 6.09 Å². The summed E-state index contributed by atoms with van der Waals surface area (Å²) < 4.78 is 11.7. The predicted octanol–water partition coefficient (Wildman–Crippen LogP) is 2.38. The summed E-state index contributed by atoms with van der Waals surface area (Å²) in [4.78, 5) is 97.5. The molecule has 2 heterocycles. The number of hydrogen-bond acceptors (Lipinski definition) is 9. The van der Waals surface area contributed by atoms with Gasteiger partial charge in [-0.05, 0) is 70.8 Å². The van der Waals surface area contributed by atoms with Crippen molar-refractivity contribution >= 4 is 41.4 Å². The molecule has 7 atom stereocenters. The van der Waals surface area contributed by atoms with Gasteiger partial charge in [-0.25, -0.2) is 4.79 Å². The highest BCUT2D eigenvalue weighted by Gasteiger charge is 2.54. The lowest BCUT2D eigenvalue weighted by Gasteiger charge is -2.36. The molecular formula is C40H58N6O9. The fourth-order valence-electron chi connectivity index (χ4n) is 8.05. The molecule has 2 aliphatic heterocycles. The number of ketones is 1. The monoisotopic (exact) mass is 766 g/mol. The first-order valence-electron chi connectivity index (χ1n) is 19.7. The van der Waals surface area contributed by atoms with Crippen LogP contribution in [-0.4, -0.2) is 114 Å². The van der Waals surface area contributed by atoms with E-state index in [4.69, 9.17) is 9.47 Å². The van der Waals surface area contributed by atoms with Crippen LogP contribution in [0.5, 0.6) is 0 Å². The van der Waals surface area contributed by atoms with Gasteiger partial charge in [-0.15, -0.1) is 0 Å². The zero-order valence-electron chi connectivity index (χ0n) is 32.9. The number of likely N-dealkylation sites (tertiary alicyclic amines) is 1. The Balaban J connectivity index is 1.29. The van der Waals surface area contributed by atoms with E-state index in [9.17, 15) is 33.6 Å². The van der Waals surface area contributed by atoms with Gasteiger partial charge in [0.15, 0.2) is 0 Å². The van der Waals surface area contributed by atoms with Crippen LogP contribution in [0.3, 0.4) is 0 Å². The lowest BCUT2D eigenvalue weighted by Crippen LogP contribution is -2.59. The number of nitrogens with one attached hydrogen (secondary N) is 4. The van der Waals surface area contributed by atoms with E-state index in [-0.39, 0.29) is 42.7 Å². The average molecular weight is 767 g/mol. The second-order valence-electron chi connectivity index (χ2n) is 16.8. The third-order valence-corrected chi connectivity index (χ3v) is 10.9. The molecule has 15 heteroatoms. The molecule has 4 aliphatic rings. The number of alkyl carbamates (subject to hydrolysis) is 1. The Bertz CT molecular complexity index is 1590. The van der Waals surface area contributed by atoms with Crippen LogP contribution in [0.1, 0.15) is 97.1 Å². The predicted molar refractivity (Wildman–Crippen MR) is 201 cm³/mol. The number of carbonyl (C=O) groups excluding carboxylic acids is 7. The van der Waals surface area contributed by atoms with Gasteiger partial charge in [-0.1, -0.05) is 62.4 Å². The van der Waals surface area contributed by atoms with Crippen LogP contribution in [0.25, 0.3) is 0 Å². The Morgan fingerprint density at radius 3 is 2.22 bits per heavy atom. The standard InChI is InChI=1S/C40H58N6O9/c1-23-19-27-29(54-23)22-46(38(52)32(26-15-11-8-12-16-26)44-39(53)55-40(2,3)4)33(27)35(49)42-28(20-24-17-18-24)34(48)36(50)41-21-30(47)43-31(37(51)45(5)6)25-13-9-7-10-14-25/h7,9-10,13-14,23-24,26-29,31-33H,8,11-12,15-22H2,1-6H3,(H,41,50)(H,42,49)(H,43,47)(H,44,53)/t23?,27-,28?,29-,31-,32-,33-/m0/s1. The SMILES string of the molecule is CC1C[C@H]2[C@H](CN(C(=O)[C@@H](NC(=O)OC(C)(C)C)C3CCCCC3)[C@@H]2C(=O)NC(CC2CC2)C(=O)C(=O)NCC(=O)N[C@H](C(=O)N(C)C)c2ccccc2)O1. The van der Waals surface area contributed by atoms with Crippen molar-refractivity contribution in [1.29, 1.82) is 0 Å². The molecule has 55 heavy (non-hydrogen) atoms. The number of Topliss-reactive ketones (excluding diaryl/α,β-unsaturated/α-hetero) is 1. The molecule has 2 aliphatic carbocycles. The first-order chi connectivity index (χ1) is 26.0. The number of fused-ring (bicyclic) bond motifs is 1. The lowest BCUT2D eigenvalue weighted by molar-refractivity contribution is -0.144. The summed E-state index contributed by atoms with van der Waals surface area (Å²) >= 11 is 0. The molecule has 2 saturated carbocycles. The molecule has 0 aromatic heterocycles. The van der Waals surface area contributed by atoms with Gasteiger partial charge in [0, 0.05) is 26.6 Å². The van der Waals surface area contributed by atoms with Crippen LogP contribution < -0.4 is 21.3 Å². The van der Waals surface area contributed by atoms with Crippen molar-refractivity contribution in [1.82, 2.24) is 31.1 Å². The number of rotatable bonds is 14. The van der Waals surface area contributed by atoms with Crippen molar-refractivity contribution in [3.63, 3.8) is 0 Å². The maximum absolute atomic E-state index is 14.5. The second-order valence-corrected chi connectivity index (χ2v) is 16.8. The average Bonchev–Trinajstić information content (AvgIpc) is 3.79. The number of benzene rings is 1. The number of ether oxygens (including phenoxy) is 2. The summed E-state index contributed by atoms with van der Waals surface area (Å²) in [5, 5.41) is 10.7. The Morgan fingerprint density at radius 1 is 0.927 bits per heavy atom. The van der Waals surface area contributed by atoms with Crippen LogP contribution in [-0.2, 0) is 38.2 Å². The van der Waals surface area contributed by atoms with Crippen molar-refractivity contribution in [2.45, 2.75) is 127 Å². The molecule has 5 rings (SSSR count). The molecule has 302 valence electrons. The van der Waals surface area contributed by atoms with Crippen LogP contribution in [0.15, 0.2) is 30.3 Å². The van der Waals surface area contributed by atoms with Crippen LogP contribution in [0.4, 0.5) is 4.79 Å². The summed E-state index contributed by atoms with van der Waals surface area (Å²) in [7, 11) is 3.13. The maximum Gasteiger partial charge on any atom is 0.408 e. The Hall–Kier alpha value is -4.53. The number of carbonyl (C=O) groups is 7. The van der Waals surface area contributed by atoms with E-state index in [1.54, 1.807) is 65.2 Å². The smallest absolute Gasteiger partial charge is 0.408 e. The molecular weight excluding hydrogens is 708 g/mol. The second kappa shape index (κ2) is 17.9. The van der Waals surface area contributed by atoms with Gasteiger partial charge in [0.2, 0.25) is 29.4 Å². The summed E-state index contributed by atoms with van der Waals surface area (Å²) in [5.41, 5.74) is -0.227. The van der Waals surface area contributed by atoms with Gasteiger partial charge in [0.05, 0.1) is 24.8 Å². The van der Waals surface area contributed by atoms with Crippen molar-refractivity contribution < 1.29 is 43.0 Å². The normalized spacial score (nSPS) is 24.1. The van der Waals surface area contributed by atoms with Crippen LogP contribution >= 0.6 is 0 Å². The summed E-state index contributed by atoms with van der Waals surface area (Å²) in [6, 6.07) is 4.55. The van der Waals surface area contributed by atoms with Crippen molar-refractivity contribution in [2.24, 2.45) is 17.8 Å². The molecule has 0 bridgehead atoms. The first-order valence-corrected chi connectivity index (χ1v) is 19.7. The topological polar surface area (TPSA) is 193 Å². The third kappa shape index (κ3) is 11.0. The van der Waals surface area contributed by atoms with E-state index in [1.807, 2.05) is 6.92 Å². The van der Waals surface area contributed by atoms with E-state index in [0.717, 1.165) is 44.9 Å². The summed E-state index contributed by atoms with van der Waals surface area (Å²) in [6.45, 7) is 6.71. The van der Waals surface area contributed by atoms with Crippen molar-refractivity contribution in [3.05, 3.63) is 35.9 Å². The van der Waals surface area contributed by atoms with Crippen LogP contribution in [0.2, 0.25) is 0 Å². The van der Waals surface area contributed by atoms with E-state index in [2.05, 4.69) is 21.3 Å². The molecule has 2 unspecified atom stereocenters. The molecule has 4 N–H and O–H groups in total. The highest BCUT2D eigenvalue weighted by Crippen LogP contribution is 2.40. The summed E-state index contributed by atoms with van der Waals surface area (Å²) in [6.07, 6.45) is 5.48. The van der Waals surface area contributed by atoms with Crippen molar-refractivity contribution in [2.75, 3.05) is 27.2 Å². The minimum atomic E-state index is -1.19. The number of nitrogens with zero attached hydrogens (tertiary/aromatic N) is 2. The lowest BCUT2D eigenvalue weighted by atomic mass is 9.83. The quantitative estimate of drug-likeness (QED) is 0.206. The van der Waals surface area contributed by atoms with Crippen molar-refractivity contribution in [3.8, 4) is 0 Å². The minimum absolute atomic E-state index is 0.131. The Kier molecular flexibility index (Phi) is 13.6. The Morgan fingerprint density at radius 2 is 1.60 bits per heavy atom. The zero-order chi connectivity index (χ0) is 40.0. The molecule has 1 aromatic carbocycles. The van der Waals surface area contributed by atoms with E-state index in [0.29, 0.717) is 12.0 Å². The molecule has 15 nitrogen and oxygen atoms in total. The van der Waals surface area contributed by atoms with Gasteiger partial charge in [0.25, 0.3) is 5.91 Å². The molecule has 1 aromatic rings. The van der Waals surface area contributed by atoms with E-state index in [1.165, 1.54) is 9.80 Å². The first kappa shape index (κ1) is 41.6. The minimum Gasteiger partial charge on any atom is -0.444 e. The third-order valence-electron chi connectivity index (χ3n) is 10.9. The number of likely N-dealkylation sites (N-methyl/N-ethyl adjacent to an activating group) is 1. The molecule has 6 amide bonds. The van der Waals surface area contributed by atoms with Crippen LogP contribution in [0, 0.1) is 17.8 Å². The van der Waals surface area contributed by atoms with E-state index < -0.39 is 77.9 Å². The molecule has 0 spiro atoms. The van der Waals surface area contributed by atoms with Gasteiger partial charge in [-0.2, -0.15) is 0 Å². The fourth-order valence-corrected chi connectivity index (χ4v) is 8.05. The zero-order valence-corrected chi connectivity index (χ0v) is 32.9. The molecule has 2 saturated heterocycles. The maximum atomic E-state index is 14.5. The van der Waals surface area contributed by atoms with Gasteiger partial charge in [-0.3, -0.25) is 28.8 Å². The van der Waals surface area contributed by atoms with E-state index >= 15 is 0 Å². The highest BCUT2D eigenvalue weighted by molar-refractivity contribution is 6.38. The molecule has 4 fully saturated rings. The largest absolute Gasteiger partial charge is 0.444 e. The van der Waals surface area contributed by atoms with Gasteiger partial charge < -0.3 is 40.5 Å². The van der Waals surface area contributed by atoms with Gasteiger partial charge in [0.1, 0.15) is 23.7 Å². The molecule has 0 radical (unpaired) electrons. The number of hydrogen-bond donors (Lipinski definition) is 4. The highest BCUT2D eigenvalue weighted by atomic mass is 16.6. The Labute approximate surface area is 323 Å². The number of amides is 6. The fraction of sp³-hybridized carbons (Fsp3) is 0.675.